The molecule has 3 rings (SSSR count). The van der Waals surface area contributed by atoms with E-state index in [2.05, 4.69) is 10.5 Å². The van der Waals surface area contributed by atoms with Gasteiger partial charge < -0.3 is 28.8 Å². The van der Waals surface area contributed by atoms with Crippen LogP contribution in [0.15, 0.2) is 40.9 Å². The molecule has 0 saturated heterocycles. The van der Waals surface area contributed by atoms with Gasteiger partial charge in [-0.2, -0.15) is 0 Å². The van der Waals surface area contributed by atoms with E-state index in [1.54, 1.807) is 24.3 Å². The van der Waals surface area contributed by atoms with Gasteiger partial charge in [0, 0.05) is 23.6 Å². The highest BCUT2D eigenvalue weighted by atomic mass is 16.5. The predicted octanol–water partition coefficient (Wildman–Crippen LogP) is 2.26. The van der Waals surface area contributed by atoms with E-state index >= 15 is 0 Å². The summed E-state index contributed by atoms with van der Waals surface area (Å²) >= 11 is 0. The zero-order chi connectivity index (χ0) is 21.5. The van der Waals surface area contributed by atoms with E-state index in [-0.39, 0.29) is 13.0 Å². The van der Waals surface area contributed by atoms with Crippen LogP contribution in [-0.4, -0.2) is 45.0 Å². The summed E-state index contributed by atoms with van der Waals surface area (Å²) in [4.78, 5) is 24.1. The van der Waals surface area contributed by atoms with Gasteiger partial charge in [-0.15, -0.1) is 0 Å². The lowest BCUT2D eigenvalue weighted by Gasteiger charge is -2.14. The molecule has 9 nitrogen and oxygen atoms in total. The van der Waals surface area contributed by atoms with Crippen molar-refractivity contribution in [2.75, 3.05) is 27.9 Å². The van der Waals surface area contributed by atoms with Gasteiger partial charge in [0.25, 0.3) is 5.91 Å². The molecule has 0 bridgehead atoms. The second-order valence-corrected chi connectivity index (χ2v) is 6.26. The Hall–Kier alpha value is -3.75. The molecule has 0 atom stereocenters. The molecule has 0 aliphatic rings. The molecule has 1 amide bonds. The summed E-state index contributed by atoms with van der Waals surface area (Å²) in [6.45, 7) is -0.252. The van der Waals surface area contributed by atoms with Crippen LogP contribution in [-0.2, 0) is 27.3 Å². The second kappa shape index (κ2) is 9.64. The molecule has 0 aliphatic heterocycles. The number of hydrogen-bond acceptors (Lipinski definition) is 8. The number of methoxy groups -OCH3 is 3. The van der Waals surface area contributed by atoms with E-state index in [4.69, 9.17) is 23.5 Å². The number of nitrogens with one attached hydrogen (secondary N) is 1. The van der Waals surface area contributed by atoms with Crippen LogP contribution in [0, 0.1) is 0 Å². The maximum absolute atomic E-state index is 12.1. The first-order valence-electron chi connectivity index (χ1n) is 9.10. The summed E-state index contributed by atoms with van der Waals surface area (Å²) in [7, 11) is 4.56. The highest BCUT2D eigenvalue weighted by Gasteiger charge is 2.16. The standard InChI is InChI=1S/C21H22N2O7/c1-26-17-10-19(28-3)18(27-2)8-13(17)11-22-20(24)12-29-21(25)9-15-14-6-4-5-7-16(14)30-23-15/h4-8,10H,9,11-12H2,1-3H3,(H,22,24). The highest BCUT2D eigenvalue weighted by Crippen LogP contribution is 2.34. The number of nitrogens with zero attached hydrogens (tertiary/aromatic N) is 1. The first kappa shape index (κ1) is 21.0. The van der Waals surface area contributed by atoms with Crippen molar-refractivity contribution in [1.29, 1.82) is 0 Å². The van der Waals surface area contributed by atoms with Crippen LogP contribution in [0.5, 0.6) is 17.2 Å². The average Bonchev–Trinajstić information content (AvgIpc) is 3.18. The molecule has 9 heteroatoms. The lowest BCUT2D eigenvalue weighted by atomic mass is 10.1. The molecule has 0 spiro atoms. The molecule has 2 aromatic carbocycles. The van der Waals surface area contributed by atoms with E-state index in [0.29, 0.717) is 34.1 Å². The molecule has 0 aliphatic carbocycles. The number of amides is 1. The van der Waals surface area contributed by atoms with Crippen molar-refractivity contribution < 1.29 is 33.1 Å². The molecular formula is C21H22N2O7. The minimum atomic E-state index is -0.576. The SMILES string of the molecule is COc1cc(OC)c(OC)cc1CNC(=O)COC(=O)Cc1noc2ccccc12. The maximum Gasteiger partial charge on any atom is 0.312 e. The van der Waals surface area contributed by atoms with E-state index in [9.17, 15) is 9.59 Å². The van der Waals surface area contributed by atoms with E-state index < -0.39 is 18.5 Å². The van der Waals surface area contributed by atoms with Gasteiger partial charge in [0.1, 0.15) is 11.4 Å². The average molecular weight is 414 g/mol. The maximum atomic E-state index is 12.1. The van der Waals surface area contributed by atoms with Crippen molar-refractivity contribution in [2.24, 2.45) is 0 Å². The van der Waals surface area contributed by atoms with Gasteiger partial charge in [-0.25, -0.2) is 0 Å². The Morgan fingerprint density at radius 1 is 1.00 bits per heavy atom. The molecule has 0 radical (unpaired) electrons. The Morgan fingerprint density at radius 3 is 2.43 bits per heavy atom. The summed E-state index contributed by atoms with van der Waals surface area (Å²) in [5, 5.41) is 7.29. The zero-order valence-corrected chi connectivity index (χ0v) is 16.9. The Balaban J connectivity index is 1.53. The second-order valence-electron chi connectivity index (χ2n) is 6.26. The number of carbonyl (C=O) groups is 2. The van der Waals surface area contributed by atoms with Crippen molar-refractivity contribution in [2.45, 2.75) is 13.0 Å². The number of carbonyl (C=O) groups excluding carboxylic acids is 2. The molecule has 1 N–H and O–H groups in total. The smallest absolute Gasteiger partial charge is 0.312 e. The molecule has 0 saturated carbocycles. The van der Waals surface area contributed by atoms with Crippen LogP contribution < -0.4 is 19.5 Å². The van der Waals surface area contributed by atoms with Crippen LogP contribution >= 0.6 is 0 Å². The van der Waals surface area contributed by atoms with E-state index in [1.165, 1.54) is 21.3 Å². The summed E-state index contributed by atoms with van der Waals surface area (Å²) in [5.74, 6) is 0.522. The number of ether oxygens (including phenoxy) is 4. The van der Waals surface area contributed by atoms with Gasteiger partial charge in [0.15, 0.2) is 23.7 Å². The minimum absolute atomic E-state index is 0.0895. The summed E-state index contributed by atoms with van der Waals surface area (Å²) in [5.41, 5.74) is 1.73. The molecule has 3 aromatic rings. The first-order valence-corrected chi connectivity index (χ1v) is 9.10. The molecule has 1 aromatic heterocycles. The van der Waals surface area contributed by atoms with Crippen LogP contribution in [0.4, 0.5) is 0 Å². The molecule has 0 unspecified atom stereocenters. The van der Waals surface area contributed by atoms with E-state index in [1.807, 2.05) is 12.1 Å². The number of aromatic nitrogens is 1. The summed E-state index contributed by atoms with van der Waals surface area (Å²) in [6.07, 6.45) is -0.0895. The van der Waals surface area contributed by atoms with E-state index in [0.717, 1.165) is 5.39 Å². The molecule has 158 valence electrons. The third-order valence-electron chi connectivity index (χ3n) is 4.39. The monoisotopic (exact) mass is 414 g/mol. The number of para-hydroxylation sites is 1. The normalized spacial score (nSPS) is 10.5. The van der Waals surface area contributed by atoms with Crippen LogP contribution in [0.3, 0.4) is 0 Å². The Kier molecular flexibility index (Phi) is 6.74. The van der Waals surface area contributed by atoms with Gasteiger partial charge in [-0.3, -0.25) is 9.59 Å². The topological polar surface area (TPSA) is 109 Å². The number of esters is 1. The fourth-order valence-corrected chi connectivity index (χ4v) is 2.87. The predicted molar refractivity (Wildman–Crippen MR) is 107 cm³/mol. The Labute approximate surface area is 172 Å². The fraction of sp³-hybridized carbons (Fsp3) is 0.286. The number of hydrogen-bond donors (Lipinski definition) is 1. The Bertz CT molecular complexity index is 1050. The lowest BCUT2D eigenvalue weighted by Crippen LogP contribution is -2.28. The molecule has 30 heavy (non-hydrogen) atoms. The lowest BCUT2D eigenvalue weighted by molar-refractivity contribution is -0.148. The summed E-state index contributed by atoms with van der Waals surface area (Å²) in [6, 6.07) is 10.6. The van der Waals surface area contributed by atoms with Gasteiger partial charge in [0.05, 0.1) is 27.8 Å². The van der Waals surface area contributed by atoms with Crippen molar-refractivity contribution in [1.82, 2.24) is 10.5 Å². The van der Waals surface area contributed by atoms with Crippen molar-refractivity contribution in [3.8, 4) is 17.2 Å². The first-order chi connectivity index (χ1) is 14.5. The fourth-order valence-electron chi connectivity index (χ4n) is 2.87. The number of rotatable bonds is 9. The number of benzene rings is 2. The van der Waals surface area contributed by atoms with Crippen molar-refractivity contribution >= 4 is 22.8 Å². The van der Waals surface area contributed by atoms with Gasteiger partial charge in [0.2, 0.25) is 0 Å². The summed E-state index contributed by atoms with van der Waals surface area (Å²) < 4.78 is 26.0. The van der Waals surface area contributed by atoms with Gasteiger partial charge in [-0.05, 0) is 18.2 Å². The zero-order valence-electron chi connectivity index (χ0n) is 16.9. The van der Waals surface area contributed by atoms with Crippen LogP contribution in [0.2, 0.25) is 0 Å². The quantitative estimate of drug-likeness (QED) is 0.531. The largest absolute Gasteiger partial charge is 0.496 e. The molecule has 0 fully saturated rings. The van der Waals surface area contributed by atoms with Gasteiger partial charge in [-0.1, -0.05) is 17.3 Å². The Morgan fingerprint density at radius 2 is 1.70 bits per heavy atom. The third-order valence-corrected chi connectivity index (χ3v) is 4.39. The highest BCUT2D eigenvalue weighted by molar-refractivity contribution is 5.85. The third kappa shape index (κ3) is 4.80. The van der Waals surface area contributed by atoms with Gasteiger partial charge >= 0.3 is 5.97 Å². The van der Waals surface area contributed by atoms with Crippen LogP contribution in [0.1, 0.15) is 11.3 Å². The minimum Gasteiger partial charge on any atom is -0.496 e. The molecule has 1 heterocycles. The van der Waals surface area contributed by atoms with Crippen molar-refractivity contribution in [3.63, 3.8) is 0 Å². The van der Waals surface area contributed by atoms with Crippen LogP contribution in [0.25, 0.3) is 11.0 Å². The van der Waals surface area contributed by atoms with Crippen molar-refractivity contribution in [3.05, 3.63) is 47.7 Å². The number of fused-ring (bicyclic) bond motifs is 1. The molecular weight excluding hydrogens is 392 g/mol.